The van der Waals surface area contributed by atoms with Gasteiger partial charge in [0.05, 0.1) is 23.6 Å². The maximum absolute atomic E-state index is 13.0. The Labute approximate surface area is 167 Å². The Morgan fingerprint density at radius 3 is 2.72 bits per heavy atom. The van der Waals surface area contributed by atoms with Crippen molar-refractivity contribution in [2.75, 3.05) is 31.6 Å². The minimum Gasteiger partial charge on any atom is -0.379 e. The number of morpholine rings is 1. The third-order valence-electron chi connectivity index (χ3n) is 4.91. The van der Waals surface area contributed by atoms with Gasteiger partial charge in [-0.1, -0.05) is 6.92 Å². The number of hydrogen-bond acceptors (Lipinski definition) is 7. The average molecular weight is 418 g/mol. The highest BCUT2D eigenvalue weighted by atomic mass is 32.2. The van der Waals surface area contributed by atoms with Gasteiger partial charge >= 0.3 is 0 Å². The third kappa shape index (κ3) is 3.56. The van der Waals surface area contributed by atoms with Crippen molar-refractivity contribution in [2.24, 2.45) is 7.05 Å². The summed E-state index contributed by atoms with van der Waals surface area (Å²) in [4.78, 5) is 16.4. The van der Waals surface area contributed by atoms with E-state index in [0.717, 1.165) is 11.9 Å². The number of amides is 1. The Balaban J connectivity index is 1.76. The minimum absolute atomic E-state index is 0.128. The van der Waals surface area contributed by atoms with E-state index in [9.17, 15) is 13.2 Å². The second-order valence-corrected chi connectivity index (χ2v) is 8.80. The van der Waals surface area contributed by atoms with Gasteiger partial charge in [-0.05, 0) is 24.6 Å². The normalized spacial score (nSPS) is 15.8. The fraction of sp³-hybridized carbons (Fsp3) is 0.444. The lowest BCUT2D eigenvalue weighted by Gasteiger charge is -2.26. The molecule has 1 fully saturated rings. The van der Waals surface area contributed by atoms with Crippen LogP contribution in [-0.4, -0.2) is 64.7 Å². The van der Waals surface area contributed by atoms with Gasteiger partial charge in [-0.15, -0.1) is 10.2 Å². The number of sulfonamides is 1. The van der Waals surface area contributed by atoms with Crippen molar-refractivity contribution >= 4 is 43.9 Å². The van der Waals surface area contributed by atoms with Gasteiger partial charge in [0.15, 0.2) is 5.65 Å². The molecule has 1 N–H and O–H groups in total. The summed E-state index contributed by atoms with van der Waals surface area (Å²) in [5, 5.41) is 11.5. The summed E-state index contributed by atoms with van der Waals surface area (Å²) in [6.45, 7) is 3.35. The molecule has 10 nitrogen and oxygen atoms in total. The zero-order chi connectivity index (χ0) is 20.6. The molecule has 0 radical (unpaired) electrons. The van der Waals surface area contributed by atoms with E-state index < -0.39 is 10.0 Å². The van der Waals surface area contributed by atoms with Crippen LogP contribution in [-0.2, 0) is 26.6 Å². The lowest BCUT2D eigenvalue weighted by Crippen LogP contribution is -2.40. The first-order chi connectivity index (χ1) is 13.9. The highest BCUT2D eigenvalue weighted by Crippen LogP contribution is 2.29. The summed E-state index contributed by atoms with van der Waals surface area (Å²) >= 11 is 0. The van der Waals surface area contributed by atoms with Crippen LogP contribution in [0.25, 0.3) is 22.1 Å². The Morgan fingerprint density at radius 2 is 2.00 bits per heavy atom. The molecule has 4 rings (SSSR count). The van der Waals surface area contributed by atoms with Crippen LogP contribution < -0.4 is 5.32 Å². The molecule has 29 heavy (non-hydrogen) atoms. The topological polar surface area (TPSA) is 119 Å². The Morgan fingerprint density at radius 1 is 1.24 bits per heavy atom. The number of hydrogen-bond donors (Lipinski definition) is 1. The van der Waals surface area contributed by atoms with Crippen molar-refractivity contribution in [3.8, 4) is 0 Å². The lowest BCUT2D eigenvalue weighted by molar-refractivity contribution is -0.116. The van der Waals surface area contributed by atoms with E-state index >= 15 is 0 Å². The van der Waals surface area contributed by atoms with Gasteiger partial charge < -0.3 is 9.30 Å². The number of aromatic nitrogens is 4. The summed E-state index contributed by atoms with van der Waals surface area (Å²) < 4.78 is 34.4. The molecule has 1 aromatic carbocycles. The summed E-state index contributed by atoms with van der Waals surface area (Å²) in [7, 11) is -1.81. The summed E-state index contributed by atoms with van der Waals surface area (Å²) in [6.07, 6.45) is 1.09. The Hall–Kier alpha value is -2.63. The second kappa shape index (κ2) is 7.65. The average Bonchev–Trinajstić information content (AvgIpc) is 3.00. The van der Waals surface area contributed by atoms with Crippen LogP contribution in [0, 0.1) is 0 Å². The van der Waals surface area contributed by atoms with Crippen LogP contribution in [0.3, 0.4) is 0 Å². The molecule has 154 valence electrons. The van der Waals surface area contributed by atoms with Crippen LogP contribution in [0.1, 0.15) is 19.8 Å². The van der Waals surface area contributed by atoms with Crippen LogP contribution in [0.4, 0.5) is 5.95 Å². The number of benzene rings is 1. The predicted molar refractivity (Wildman–Crippen MR) is 107 cm³/mol. The molecule has 0 bridgehead atoms. The van der Waals surface area contributed by atoms with Gasteiger partial charge in [-0.25, -0.2) is 8.42 Å². The largest absolute Gasteiger partial charge is 0.379 e. The van der Waals surface area contributed by atoms with Crippen molar-refractivity contribution in [3.05, 3.63) is 18.2 Å². The van der Waals surface area contributed by atoms with Gasteiger partial charge in [-0.2, -0.15) is 9.29 Å². The highest BCUT2D eigenvalue weighted by Gasteiger charge is 2.27. The molecular weight excluding hydrogens is 396 g/mol. The van der Waals surface area contributed by atoms with Gasteiger partial charge in [0.2, 0.25) is 15.9 Å². The van der Waals surface area contributed by atoms with Crippen LogP contribution in [0.15, 0.2) is 23.1 Å². The van der Waals surface area contributed by atoms with Crippen molar-refractivity contribution in [1.82, 2.24) is 24.1 Å². The van der Waals surface area contributed by atoms with Gasteiger partial charge in [-0.3, -0.25) is 10.1 Å². The molecule has 3 heterocycles. The monoisotopic (exact) mass is 418 g/mol. The van der Waals surface area contributed by atoms with E-state index in [0.29, 0.717) is 49.3 Å². The molecule has 3 aromatic rings. The fourth-order valence-corrected chi connectivity index (χ4v) is 4.84. The summed E-state index contributed by atoms with van der Waals surface area (Å²) in [5.74, 6) is -0.0469. The maximum atomic E-state index is 13.0. The second-order valence-electron chi connectivity index (χ2n) is 6.86. The quantitative estimate of drug-likeness (QED) is 0.663. The molecule has 0 atom stereocenters. The predicted octanol–water partition coefficient (Wildman–Crippen LogP) is 1.28. The third-order valence-corrected chi connectivity index (χ3v) is 6.80. The van der Waals surface area contributed by atoms with Crippen molar-refractivity contribution in [2.45, 2.75) is 24.7 Å². The fourth-order valence-electron chi connectivity index (χ4n) is 3.40. The lowest BCUT2D eigenvalue weighted by atomic mass is 10.2. The van der Waals surface area contributed by atoms with Crippen LogP contribution >= 0.6 is 0 Å². The SMILES string of the molecule is CCCC(=O)Nc1nnc2c3cc(S(=O)(=O)N4CCOCC4)ccc3n(C)c2n1. The van der Waals surface area contributed by atoms with Crippen molar-refractivity contribution in [3.63, 3.8) is 0 Å². The van der Waals surface area contributed by atoms with E-state index in [1.54, 1.807) is 22.8 Å². The van der Waals surface area contributed by atoms with E-state index in [1.807, 2.05) is 14.0 Å². The number of ether oxygens (including phenoxy) is 1. The standard InChI is InChI=1S/C18H22N6O4S/c1-3-4-15(25)19-18-20-17-16(21-22-18)13-11-12(5-6-14(13)23(17)2)29(26,27)24-7-9-28-10-8-24/h5-6,11H,3-4,7-10H2,1-2H3,(H,19,20,22,25). The highest BCUT2D eigenvalue weighted by molar-refractivity contribution is 7.89. The molecule has 2 aromatic heterocycles. The molecule has 1 aliphatic rings. The summed E-state index contributed by atoms with van der Waals surface area (Å²) in [5.41, 5.74) is 1.78. The smallest absolute Gasteiger partial charge is 0.251 e. The number of aryl methyl sites for hydroxylation is 1. The molecule has 1 saturated heterocycles. The van der Waals surface area contributed by atoms with Crippen LogP contribution in [0.2, 0.25) is 0 Å². The molecular formula is C18H22N6O4S. The van der Waals surface area contributed by atoms with Crippen molar-refractivity contribution in [1.29, 1.82) is 0 Å². The number of rotatable bonds is 5. The first kappa shape index (κ1) is 19.7. The molecule has 0 spiro atoms. The van der Waals surface area contributed by atoms with E-state index in [2.05, 4.69) is 20.5 Å². The van der Waals surface area contributed by atoms with Gasteiger partial charge in [0, 0.05) is 31.9 Å². The van der Waals surface area contributed by atoms with E-state index in [-0.39, 0.29) is 16.8 Å². The maximum Gasteiger partial charge on any atom is 0.251 e. The molecule has 0 unspecified atom stereocenters. The molecule has 0 saturated carbocycles. The van der Waals surface area contributed by atoms with Crippen molar-refractivity contribution < 1.29 is 17.9 Å². The number of carbonyl (C=O) groups is 1. The minimum atomic E-state index is -3.62. The first-order valence-electron chi connectivity index (χ1n) is 9.42. The first-order valence-corrected chi connectivity index (χ1v) is 10.9. The molecule has 11 heteroatoms. The van der Waals surface area contributed by atoms with E-state index in [4.69, 9.17) is 4.74 Å². The zero-order valence-corrected chi connectivity index (χ0v) is 17.1. The number of anilines is 1. The summed E-state index contributed by atoms with van der Waals surface area (Å²) in [6, 6.07) is 4.93. The molecule has 0 aliphatic carbocycles. The number of carbonyl (C=O) groups excluding carboxylic acids is 1. The molecule has 1 aliphatic heterocycles. The number of nitrogens with one attached hydrogen (secondary N) is 1. The number of nitrogens with zero attached hydrogens (tertiary/aromatic N) is 5. The van der Waals surface area contributed by atoms with E-state index in [1.165, 1.54) is 4.31 Å². The number of fused-ring (bicyclic) bond motifs is 3. The molecule has 1 amide bonds. The van der Waals surface area contributed by atoms with Gasteiger partial charge in [0.25, 0.3) is 5.95 Å². The zero-order valence-electron chi connectivity index (χ0n) is 16.3. The Kier molecular flexibility index (Phi) is 5.19. The van der Waals surface area contributed by atoms with Gasteiger partial charge in [0.1, 0.15) is 5.52 Å². The Bertz CT molecular complexity index is 1180. The van der Waals surface area contributed by atoms with Crippen LogP contribution in [0.5, 0.6) is 0 Å².